The molecule has 0 amide bonds. The Hall–Kier alpha value is -0.340. The second-order valence-corrected chi connectivity index (χ2v) is 6.16. The molecule has 1 aliphatic rings. The fourth-order valence-corrected chi connectivity index (χ4v) is 2.77. The summed E-state index contributed by atoms with van der Waals surface area (Å²) in [6.07, 6.45) is 21.6. The highest BCUT2D eigenvalue weighted by Crippen LogP contribution is 2.15. The van der Waals surface area contributed by atoms with Gasteiger partial charge in [-0.05, 0) is 44.9 Å². The lowest BCUT2D eigenvalue weighted by atomic mass is 10.1. The predicted molar refractivity (Wildman–Crippen MR) is 90.5 cm³/mol. The summed E-state index contributed by atoms with van der Waals surface area (Å²) < 4.78 is 11.3. The zero-order chi connectivity index (χ0) is 15.0. The third kappa shape index (κ3) is 11.9. The highest BCUT2D eigenvalue weighted by atomic mass is 16.7. The Kier molecular flexibility index (Phi) is 13.0. The van der Waals surface area contributed by atoms with E-state index < -0.39 is 0 Å². The zero-order valence-electron chi connectivity index (χ0n) is 14.2. The van der Waals surface area contributed by atoms with Crippen LogP contribution in [-0.4, -0.2) is 19.5 Å². The van der Waals surface area contributed by atoms with Gasteiger partial charge in [-0.25, -0.2) is 0 Å². The van der Waals surface area contributed by atoms with Crippen LogP contribution in [0.2, 0.25) is 0 Å². The van der Waals surface area contributed by atoms with Crippen LogP contribution in [0.4, 0.5) is 0 Å². The van der Waals surface area contributed by atoms with Gasteiger partial charge in [0.25, 0.3) is 0 Å². The van der Waals surface area contributed by atoms with E-state index in [2.05, 4.69) is 19.1 Å². The van der Waals surface area contributed by atoms with Crippen LogP contribution in [0.3, 0.4) is 0 Å². The third-order valence-corrected chi connectivity index (χ3v) is 4.11. The molecule has 124 valence electrons. The second-order valence-electron chi connectivity index (χ2n) is 6.16. The first kappa shape index (κ1) is 18.7. The van der Waals surface area contributed by atoms with Crippen molar-refractivity contribution in [3.05, 3.63) is 12.2 Å². The van der Waals surface area contributed by atoms with Crippen LogP contribution in [0.1, 0.15) is 90.4 Å². The summed E-state index contributed by atoms with van der Waals surface area (Å²) in [5, 5.41) is 0. The maximum absolute atomic E-state index is 5.75. The normalized spacial score (nSPS) is 19.4. The highest BCUT2D eigenvalue weighted by molar-refractivity contribution is 4.79. The molecule has 0 saturated carbocycles. The van der Waals surface area contributed by atoms with Gasteiger partial charge in [0.1, 0.15) is 0 Å². The van der Waals surface area contributed by atoms with Crippen molar-refractivity contribution < 1.29 is 9.47 Å². The molecule has 1 rings (SSSR count). The van der Waals surface area contributed by atoms with Gasteiger partial charge in [-0.15, -0.1) is 0 Å². The molecule has 1 unspecified atom stereocenters. The van der Waals surface area contributed by atoms with Crippen molar-refractivity contribution in [2.75, 3.05) is 13.2 Å². The quantitative estimate of drug-likeness (QED) is 0.306. The number of unbranched alkanes of at least 4 members (excludes halogenated alkanes) is 8. The predicted octanol–water partition coefficient (Wildman–Crippen LogP) is 6.01. The summed E-state index contributed by atoms with van der Waals surface area (Å²) in [5.41, 5.74) is 0. The topological polar surface area (TPSA) is 18.5 Å². The van der Waals surface area contributed by atoms with E-state index in [0.717, 1.165) is 19.6 Å². The Balaban J connectivity index is 1.71. The first-order valence-electron chi connectivity index (χ1n) is 9.31. The number of allylic oxidation sites excluding steroid dienone is 2. The van der Waals surface area contributed by atoms with E-state index in [4.69, 9.17) is 9.47 Å². The van der Waals surface area contributed by atoms with E-state index in [9.17, 15) is 0 Å². The van der Waals surface area contributed by atoms with E-state index in [1.54, 1.807) is 0 Å². The van der Waals surface area contributed by atoms with Crippen LogP contribution in [0.15, 0.2) is 12.2 Å². The Morgan fingerprint density at radius 3 is 2.29 bits per heavy atom. The van der Waals surface area contributed by atoms with Crippen molar-refractivity contribution in [3.63, 3.8) is 0 Å². The molecule has 0 radical (unpaired) electrons. The summed E-state index contributed by atoms with van der Waals surface area (Å²) in [6, 6.07) is 0. The van der Waals surface area contributed by atoms with Gasteiger partial charge >= 0.3 is 0 Å². The minimum absolute atomic E-state index is 0.0977. The van der Waals surface area contributed by atoms with Crippen molar-refractivity contribution in [2.24, 2.45) is 0 Å². The van der Waals surface area contributed by atoms with Crippen molar-refractivity contribution in [2.45, 2.75) is 96.7 Å². The van der Waals surface area contributed by atoms with Gasteiger partial charge in [-0.1, -0.05) is 57.6 Å². The van der Waals surface area contributed by atoms with Crippen molar-refractivity contribution in [3.8, 4) is 0 Å². The molecule has 2 heteroatoms. The van der Waals surface area contributed by atoms with E-state index in [0.29, 0.717) is 0 Å². The van der Waals surface area contributed by atoms with E-state index >= 15 is 0 Å². The van der Waals surface area contributed by atoms with Crippen molar-refractivity contribution in [1.82, 2.24) is 0 Å². The Morgan fingerprint density at radius 2 is 1.62 bits per heavy atom. The smallest absolute Gasteiger partial charge is 0.157 e. The summed E-state index contributed by atoms with van der Waals surface area (Å²) in [4.78, 5) is 0. The SMILES string of the molecule is CC/C=C/CCCCCCCCCCOC1CCCCO1. The van der Waals surface area contributed by atoms with Crippen LogP contribution >= 0.6 is 0 Å². The van der Waals surface area contributed by atoms with Crippen LogP contribution < -0.4 is 0 Å². The number of hydrogen-bond donors (Lipinski definition) is 0. The standard InChI is InChI=1S/C19H36O2/c1-2-3-4-5-6-7-8-9-10-11-12-14-17-20-19-16-13-15-18-21-19/h3-4,19H,2,5-18H2,1H3/b4-3+. The number of hydrogen-bond acceptors (Lipinski definition) is 2. The highest BCUT2D eigenvalue weighted by Gasteiger charge is 2.13. The first-order valence-corrected chi connectivity index (χ1v) is 9.31. The van der Waals surface area contributed by atoms with E-state index in [1.165, 1.54) is 77.0 Å². The largest absolute Gasteiger partial charge is 0.353 e. The van der Waals surface area contributed by atoms with Crippen LogP contribution in [0.5, 0.6) is 0 Å². The fraction of sp³-hybridized carbons (Fsp3) is 0.895. The Bertz CT molecular complexity index is 232. The van der Waals surface area contributed by atoms with Crippen LogP contribution in [-0.2, 0) is 9.47 Å². The molecule has 21 heavy (non-hydrogen) atoms. The lowest BCUT2D eigenvalue weighted by Crippen LogP contribution is -2.22. The minimum atomic E-state index is 0.0977. The second kappa shape index (κ2) is 14.6. The molecular formula is C19H36O2. The van der Waals surface area contributed by atoms with Crippen molar-refractivity contribution >= 4 is 0 Å². The summed E-state index contributed by atoms with van der Waals surface area (Å²) in [6.45, 7) is 3.97. The Morgan fingerprint density at radius 1 is 0.905 bits per heavy atom. The molecule has 0 aromatic heterocycles. The molecule has 0 aliphatic carbocycles. The molecular weight excluding hydrogens is 260 g/mol. The fourth-order valence-electron chi connectivity index (χ4n) is 2.77. The average Bonchev–Trinajstić information content (AvgIpc) is 2.53. The summed E-state index contributed by atoms with van der Waals surface area (Å²) in [5.74, 6) is 0. The molecule has 0 aromatic rings. The number of rotatable bonds is 13. The van der Waals surface area contributed by atoms with Gasteiger partial charge in [0, 0.05) is 13.2 Å². The van der Waals surface area contributed by atoms with Gasteiger partial charge in [0.15, 0.2) is 6.29 Å². The summed E-state index contributed by atoms with van der Waals surface area (Å²) in [7, 11) is 0. The van der Waals surface area contributed by atoms with Gasteiger partial charge in [-0.3, -0.25) is 0 Å². The monoisotopic (exact) mass is 296 g/mol. The van der Waals surface area contributed by atoms with Gasteiger partial charge < -0.3 is 9.47 Å². The Labute approximate surface area is 132 Å². The molecule has 2 nitrogen and oxygen atoms in total. The first-order chi connectivity index (χ1) is 10.4. The molecule has 0 spiro atoms. The molecule has 0 bridgehead atoms. The maximum atomic E-state index is 5.75. The lowest BCUT2D eigenvalue weighted by molar-refractivity contribution is -0.162. The molecule has 1 aliphatic heterocycles. The van der Waals surface area contributed by atoms with Crippen LogP contribution in [0, 0.1) is 0 Å². The molecule has 1 saturated heterocycles. The van der Waals surface area contributed by atoms with Gasteiger partial charge in [0.2, 0.25) is 0 Å². The van der Waals surface area contributed by atoms with E-state index in [1.807, 2.05) is 0 Å². The maximum Gasteiger partial charge on any atom is 0.157 e. The average molecular weight is 296 g/mol. The van der Waals surface area contributed by atoms with Crippen LogP contribution in [0.25, 0.3) is 0 Å². The van der Waals surface area contributed by atoms with Gasteiger partial charge in [0.05, 0.1) is 0 Å². The third-order valence-electron chi connectivity index (χ3n) is 4.11. The van der Waals surface area contributed by atoms with Gasteiger partial charge in [-0.2, -0.15) is 0 Å². The molecule has 1 heterocycles. The molecule has 0 aromatic carbocycles. The number of ether oxygens (including phenoxy) is 2. The lowest BCUT2D eigenvalue weighted by Gasteiger charge is -2.22. The molecule has 0 N–H and O–H groups in total. The molecule has 1 atom stereocenters. The minimum Gasteiger partial charge on any atom is -0.353 e. The molecule has 1 fully saturated rings. The van der Waals surface area contributed by atoms with Crippen molar-refractivity contribution in [1.29, 1.82) is 0 Å². The zero-order valence-corrected chi connectivity index (χ0v) is 14.2. The summed E-state index contributed by atoms with van der Waals surface area (Å²) >= 11 is 0. The van der Waals surface area contributed by atoms with E-state index in [-0.39, 0.29) is 6.29 Å².